The lowest BCUT2D eigenvalue weighted by Crippen LogP contribution is -2.15. The van der Waals surface area contributed by atoms with Crippen LogP contribution in [-0.2, 0) is 19.6 Å². The smallest absolute Gasteiger partial charge is 0.119 e. The van der Waals surface area contributed by atoms with Crippen LogP contribution in [-0.4, -0.2) is 11.2 Å². The van der Waals surface area contributed by atoms with Crippen molar-refractivity contribution in [3.05, 3.63) is 53.9 Å². The Morgan fingerprint density at radius 1 is 1.10 bits per heavy atom. The SMILES string of the molecule is CCCn1cccc1CNCc1cccc(OCC)c1. The Morgan fingerprint density at radius 3 is 2.80 bits per heavy atom. The van der Waals surface area contributed by atoms with E-state index < -0.39 is 0 Å². The van der Waals surface area contributed by atoms with Crippen LogP contribution in [0.4, 0.5) is 0 Å². The van der Waals surface area contributed by atoms with E-state index >= 15 is 0 Å². The molecule has 2 aromatic rings. The van der Waals surface area contributed by atoms with Gasteiger partial charge in [0.25, 0.3) is 0 Å². The van der Waals surface area contributed by atoms with E-state index in [9.17, 15) is 0 Å². The lowest BCUT2D eigenvalue weighted by molar-refractivity contribution is 0.340. The summed E-state index contributed by atoms with van der Waals surface area (Å²) < 4.78 is 7.83. The van der Waals surface area contributed by atoms with Gasteiger partial charge in [-0.05, 0) is 43.2 Å². The van der Waals surface area contributed by atoms with Gasteiger partial charge in [-0.25, -0.2) is 0 Å². The fourth-order valence-electron chi connectivity index (χ4n) is 2.32. The zero-order valence-electron chi connectivity index (χ0n) is 12.4. The average molecular weight is 272 g/mol. The highest BCUT2D eigenvalue weighted by molar-refractivity contribution is 5.28. The molecule has 0 atom stereocenters. The summed E-state index contributed by atoms with van der Waals surface area (Å²) in [4.78, 5) is 0. The highest BCUT2D eigenvalue weighted by Crippen LogP contribution is 2.13. The maximum atomic E-state index is 5.52. The van der Waals surface area contributed by atoms with Crippen LogP contribution >= 0.6 is 0 Å². The van der Waals surface area contributed by atoms with Crippen LogP contribution in [0.15, 0.2) is 42.6 Å². The number of hydrogen-bond acceptors (Lipinski definition) is 2. The normalized spacial score (nSPS) is 10.7. The predicted molar refractivity (Wildman–Crippen MR) is 82.9 cm³/mol. The van der Waals surface area contributed by atoms with Gasteiger partial charge < -0.3 is 14.6 Å². The summed E-state index contributed by atoms with van der Waals surface area (Å²) in [6.07, 6.45) is 3.31. The van der Waals surface area contributed by atoms with Crippen LogP contribution in [0.25, 0.3) is 0 Å². The molecule has 20 heavy (non-hydrogen) atoms. The Kier molecular flexibility index (Phi) is 5.69. The molecule has 0 amide bonds. The van der Waals surface area contributed by atoms with Crippen molar-refractivity contribution in [1.82, 2.24) is 9.88 Å². The molecular weight excluding hydrogens is 248 g/mol. The van der Waals surface area contributed by atoms with Crippen molar-refractivity contribution < 1.29 is 4.74 Å². The molecule has 0 spiro atoms. The van der Waals surface area contributed by atoms with Crippen LogP contribution in [0.1, 0.15) is 31.5 Å². The highest BCUT2D eigenvalue weighted by atomic mass is 16.5. The molecule has 0 unspecified atom stereocenters. The monoisotopic (exact) mass is 272 g/mol. The van der Waals surface area contributed by atoms with Gasteiger partial charge in [-0.3, -0.25) is 0 Å². The molecule has 0 aliphatic carbocycles. The number of nitrogens with zero attached hydrogens (tertiary/aromatic N) is 1. The number of ether oxygens (including phenoxy) is 1. The molecule has 3 nitrogen and oxygen atoms in total. The maximum absolute atomic E-state index is 5.52. The summed E-state index contributed by atoms with van der Waals surface area (Å²) in [6, 6.07) is 12.6. The van der Waals surface area contributed by atoms with Gasteiger partial charge in [0.1, 0.15) is 5.75 Å². The van der Waals surface area contributed by atoms with Gasteiger partial charge in [0.05, 0.1) is 6.61 Å². The van der Waals surface area contributed by atoms with Gasteiger partial charge in [0.2, 0.25) is 0 Å². The summed E-state index contributed by atoms with van der Waals surface area (Å²) in [5, 5.41) is 3.50. The average Bonchev–Trinajstić information content (AvgIpc) is 2.88. The minimum absolute atomic E-state index is 0.710. The molecule has 3 heteroatoms. The lowest BCUT2D eigenvalue weighted by atomic mass is 10.2. The summed E-state index contributed by atoms with van der Waals surface area (Å²) in [7, 11) is 0. The fourth-order valence-corrected chi connectivity index (χ4v) is 2.32. The third-order valence-electron chi connectivity index (χ3n) is 3.23. The quantitative estimate of drug-likeness (QED) is 0.795. The number of rotatable bonds is 8. The number of hydrogen-bond donors (Lipinski definition) is 1. The first kappa shape index (κ1) is 14.7. The van der Waals surface area contributed by atoms with Crippen molar-refractivity contribution >= 4 is 0 Å². The number of nitrogens with one attached hydrogen (secondary N) is 1. The predicted octanol–water partition coefficient (Wildman–Crippen LogP) is 3.59. The fraction of sp³-hybridized carbons (Fsp3) is 0.412. The van der Waals surface area contributed by atoms with Crippen molar-refractivity contribution in [1.29, 1.82) is 0 Å². The van der Waals surface area contributed by atoms with Crippen LogP contribution in [0.2, 0.25) is 0 Å². The van der Waals surface area contributed by atoms with E-state index in [-0.39, 0.29) is 0 Å². The molecule has 2 rings (SSSR count). The van der Waals surface area contributed by atoms with E-state index in [4.69, 9.17) is 4.74 Å². The molecule has 1 N–H and O–H groups in total. The van der Waals surface area contributed by atoms with Crippen molar-refractivity contribution in [2.75, 3.05) is 6.61 Å². The number of aromatic nitrogens is 1. The van der Waals surface area contributed by atoms with Gasteiger partial charge >= 0.3 is 0 Å². The molecular formula is C17H24N2O. The standard InChI is InChI=1S/C17H24N2O/c1-3-10-19-11-6-8-16(19)14-18-13-15-7-5-9-17(12-15)20-4-2/h5-9,11-12,18H,3-4,10,13-14H2,1-2H3. The summed E-state index contributed by atoms with van der Waals surface area (Å²) in [6.45, 7) is 7.76. The van der Waals surface area contributed by atoms with Gasteiger partial charge in [-0.15, -0.1) is 0 Å². The van der Waals surface area contributed by atoms with Crippen molar-refractivity contribution in [2.24, 2.45) is 0 Å². The Balaban J connectivity index is 1.86. The van der Waals surface area contributed by atoms with Crippen LogP contribution < -0.4 is 10.1 Å². The van der Waals surface area contributed by atoms with E-state index in [1.807, 2.05) is 19.1 Å². The maximum Gasteiger partial charge on any atom is 0.119 e. The van der Waals surface area contributed by atoms with Gasteiger partial charge in [0, 0.05) is 31.5 Å². The van der Waals surface area contributed by atoms with Crippen molar-refractivity contribution in [3.8, 4) is 5.75 Å². The lowest BCUT2D eigenvalue weighted by Gasteiger charge is -2.10. The molecule has 0 fully saturated rings. The second-order valence-corrected chi connectivity index (χ2v) is 4.88. The molecule has 1 aromatic carbocycles. The third kappa shape index (κ3) is 4.14. The third-order valence-corrected chi connectivity index (χ3v) is 3.23. The Hall–Kier alpha value is -1.74. The van der Waals surface area contributed by atoms with Crippen LogP contribution in [0.5, 0.6) is 5.75 Å². The molecule has 0 saturated heterocycles. The highest BCUT2D eigenvalue weighted by Gasteiger charge is 2.00. The first-order valence-corrected chi connectivity index (χ1v) is 7.40. The Bertz CT molecular complexity index is 519. The van der Waals surface area contributed by atoms with Gasteiger partial charge in [-0.1, -0.05) is 19.1 Å². The van der Waals surface area contributed by atoms with Crippen LogP contribution in [0.3, 0.4) is 0 Å². The first-order valence-electron chi connectivity index (χ1n) is 7.40. The molecule has 0 bridgehead atoms. The van der Waals surface area contributed by atoms with Crippen molar-refractivity contribution in [3.63, 3.8) is 0 Å². The zero-order valence-corrected chi connectivity index (χ0v) is 12.4. The van der Waals surface area contributed by atoms with E-state index in [2.05, 4.69) is 47.3 Å². The molecule has 0 saturated carbocycles. The summed E-state index contributed by atoms with van der Waals surface area (Å²) in [5.74, 6) is 0.946. The molecule has 0 radical (unpaired) electrons. The molecule has 1 aromatic heterocycles. The minimum atomic E-state index is 0.710. The minimum Gasteiger partial charge on any atom is -0.494 e. The molecule has 108 valence electrons. The van der Waals surface area contributed by atoms with E-state index in [1.54, 1.807) is 0 Å². The summed E-state index contributed by atoms with van der Waals surface area (Å²) >= 11 is 0. The van der Waals surface area contributed by atoms with Crippen molar-refractivity contribution in [2.45, 2.75) is 39.9 Å². The van der Waals surface area contributed by atoms with Crippen LogP contribution in [0, 0.1) is 0 Å². The number of aryl methyl sites for hydroxylation is 1. The van der Waals surface area contributed by atoms with Gasteiger partial charge in [-0.2, -0.15) is 0 Å². The largest absolute Gasteiger partial charge is 0.494 e. The first-order chi connectivity index (χ1) is 9.83. The van der Waals surface area contributed by atoms with E-state index in [0.29, 0.717) is 6.61 Å². The van der Waals surface area contributed by atoms with E-state index in [1.165, 1.54) is 11.3 Å². The zero-order chi connectivity index (χ0) is 14.2. The topological polar surface area (TPSA) is 26.2 Å². The second-order valence-electron chi connectivity index (χ2n) is 4.88. The van der Waals surface area contributed by atoms with E-state index in [0.717, 1.165) is 31.8 Å². The Morgan fingerprint density at radius 2 is 2.00 bits per heavy atom. The second kappa shape index (κ2) is 7.75. The summed E-state index contributed by atoms with van der Waals surface area (Å²) in [5.41, 5.74) is 2.59. The molecule has 0 aliphatic heterocycles. The molecule has 1 heterocycles. The van der Waals surface area contributed by atoms with Gasteiger partial charge in [0.15, 0.2) is 0 Å². The Labute approximate surface area is 121 Å². The number of benzene rings is 1. The molecule has 0 aliphatic rings.